The summed E-state index contributed by atoms with van der Waals surface area (Å²) in [4.78, 5) is 0.672. The van der Waals surface area contributed by atoms with Gasteiger partial charge in [0.25, 0.3) is 0 Å². The van der Waals surface area contributed by atoms with E-state index in [4.69, 9.17) is 9.47 Å². The summed E-state index contributed by atoms with van der Waals surface area (Å²) in [6.45, 7) is 7.33. The molecular weight excluding hydrogens is 460 g/mol. The van der Waals surface area contributed by atoms with E-state index in [0.717, 1.165) is 12.8 Å². The molecule has 5 heteroatoms. The molecule has 2 unspecified atom stereocenters. The SMILES string of the molecule is CCCCCCCCCCCCOC1(OC(C)CCCCCC)C=CC(N=[N+]([O-])c2ccccc2)=CC1. The van der Waals surface area contributed by atoms with Crippen LogP contribution in [0.2, 0.25) is 0 Å². The Bertz CT molecular complexity index is 806. The second kappa shape index (κ2) is 19.1. The highest BCUT2D eigenvalue weighted by Crippen LogP contribution is 2.30. The average Bonchev–Trinajstić information content (AvgIpc) is 2.91. The molecule has 2 atom stereocenters. The van der Waals surface area contributed by atoms with Crippen LogP contribution < -0.4 is 0 Å². The van der Waals surface area contributed by atoms with E-state index < -0.39 is 5.79 Å². The number of para-hydroxylation sites is 1. The fourth-order valence-electron chi connectivity index (χ4n) is 4.71. The van der Waals surface area contributed by atoms with Crippen molar-refractivity contribution in [1.82, 2.24) is 0 Å². The quantitative estimate of drug-likeness (QED) is 0.0541. The van der Waals surface area contributed by atoms with Gasteiger partial charge < -0.3 is 14.7 Å². The Hall–Kier alpha value is -1.98. The van der Waals surface area contributed by atoms with Crippen molar-refractivity contribution in [2.75, 3.05) is 6.61 Å². The summed E-state index contributed by atoms with van der Waals surface area (Å²) in [5, 5.41) is 16.6. The Morgan fingerprint density at radius 3 is 2.05 bits per heavy atom. The number of benzene rings is 1. The second-order valence-corrected chi connectivity index (χ2v) is 10.5. The summed E-state index contributed by atoms with van der Waals surface area (Å²) in [5.74, 6) is -0.775. The number of ether oxygens (including phenoxy) is 2. The molecule has 208 valence electrons. The minimum Gasteiger partial charge on any atom is -0.594 e. The second-order valence-electron chi connectivity index (χ2n) is 10.5. The molecule has 0 aliphatic heterocycles. The largest absolute Gasteiger partial charge is 0.594 e. The molecule has 5 nitrogen and oxygen atoms in total. The van der Waals surface area contributed by atoms with Gasteiger partial charge in [-0.1, -0.05) is 120 Å². The van der Waals surface area contributed by atoms with Crippen LogP contribution >= 0.6 is 0 Å². The number of hydrogen-bond donors (Lipinski definition) is 0. The number of azo groups is 1. The lowest BCUT2D eigenvalue weighted by Crippen LogP contribution is -2.38. The first kappa shape index (κ1) is 31.2. The van der Waals surface area contributed by atoms with Gasteiger partial charge in [-0.2, -0.15) is 0 Å². The van der Waals surface area contributed by atoms with Gasteiger partial charge in [0.05, 0.1) is 12.7 Å². The van der Waals surface area contributed by atoms with Crippen LogP contribution in [0.15, 0.2) is 59.4 Å². The number of allylic oxidation sites excluding steroid dienone is 1. The third-order valence-electron chi connectivity index (χ3n) is 7.00. The summed E-state index contributed by atoms with van der Waals surface area (Å²) < 4.78 is 12.9. The van der Waals surface area contributed by atoms with E-state index >= 15 is 0 Å². The first-order valence-electron chi connectivity index (χ1n) is 15.0. The Balaban J connectivity index is 1.84. The molecule has 0 radical (unpaired) electrons. The van der Waals surface area contributed by atoms with Gasteiger partial charge in [0.1, 0.15) is 5.70 Å². The van der Waals surface area contributed by atoms with Crippen molar-refractivity contribution >= 4 is 5.69 Å². The first-order chi connectivity index (χ1) is 18.1. The van der Waals surface area contributed by atoms with E-state index in [9.17, 15) is 5.21 Å². The predicted molar refractivity (Wildman–Crippen MR) is 154 cm³/mol. The van der Waals surface area contributed by atoms with E-state index in [2.05, 4.69) is 25.9 Å². The van der Waals surface area contributed by atoms with Gasteiger partial charge in [-0.15, -0.1) is 0 Å². The zero-order valence-electron chi connectivity index (χ0n) is 23.8. The standard InChI is InChI=1S/C32H52N2O3/c1-4-6-8-10-11-12-13-14-15-20-28-36-32(37-29(3)21-17-9-7-5-2)26-24-30(25-27-32)33-34(35)31-22-18-16-19-23-31/h16,18-19,22-26,29H,4-15,17,20-21,27-28H2,1-3H3. The Morgan fingerprint density at radius 2 is 1.46 bits per heavy atom. The molecule has 0 saturated heterocycles. The maximum absolute atomic E-state index is 12.4. The van der Waals surface area contributed by atoms with Crippen molar-refractivity contribution in [3.05, 3.63) is 59.5 Å². The van der Waals surface area contributed by atoms with Crippen LogP contribution in [0, 0.1) is 5.21 Å². The van der Waals surface area contributed by atoms with Gasteiger partial charge in [0, 0.05) is 23.7 Å². The van der Waals surface area contributed by atoms with Crippen LogP contribution in [0.25, 0.3) is 0 Å². The van der Waals surface area contributed by atoms with Gasteiger partial charge in [-0.3, -0.25) is 0 Å². The van der Waals surface area contributed by atoms with Crippen molar-refractivity contribution < 1.29 is 14.3 Å². The van der Waals surface area contributed by atoms with Crippen LogP contribution in [-0.2, 0) is 9.47 Å². The average molecular weight is 513 g/mol. The van der Waals surface area contributed by atoms with Gasteiger partial charge in [0.2, 0.25) is 5.69 Å². The predicted octanol–water partition coefficient (Wildman–Crippen LogP) is 10.1. The normalized spacial score (nSPS) is 18.7. The molecule has 0 spiro atoms. The van der Waals surface area contributed by atoms with Crippen molar-refractivity contribution in [3.63, 3.8) is 0 Å². The number of hydrogen-bond acceptors (Lipinski definition) is 4. The summed E-state index contributed by atoms with van der Waals surface area (Å²) >= 11 is 0. The number of rotatable bonds is 21. The molecule has 1 aromatic carbocycles. The molecule has 0 N–H and O–H groups in total. The first-order valence-corrected chi connectivity index (χ1v) is 15.0. The van der Waals surface area contributed by atoms with E-state index in [1.165, 1.54) is 83.5 Å². The molecule has 0 bridgehead atoms. The Morgan fingerprint density at radius 1 is 0.865 bits per heavy atom. The molecule has 1 aromatic rings. The monoisotopic (exact) mass is 512 g/mol. The smallest absolute Gasteiger partial charge is 0.244 e. The highest BCUT2D eigenvalue weighted by Gasteiger charge is 2.32. The van der Waals surface area contributed by atoms with E-state index in [1.54, 1.807) is 12.1 Å². The van der Waals surface area contributed by atoms with Gasteiger partial charge in [0.15, 0.2) is 5.79 Å². The molecule has 0 amide bonds. The molecule has 0 saturated carbocycles. The zero-order chi connectivity index (χ0) is 26.6. The van der Waals surface area contributed by atoms with Crippen LogP contribution in [0.1, 0.15) is 124 Å². The maximum Gasteiger partial charge on any atom is 0.244 e. The summed E-state index contributed by atoms with van der Waals surface area (Å²) in [6.07, 6.45) is 25.4. The summed E-state index contributed by atoms with van der Waals surface area (Å²) in [6, 6.07) is 9.07. The van der Waals surface area contributed by atoms with Crippen molar-refractivity contribution in [1.29, 1.82) is 0 Å². The number of unbranched alkanes of at least 4 members (excludes halogenated alkanes) is 12. The lowest BCUT2D eigenvalue weighted by Gasteiger charge is -2.34. The van der Waals surface area contributed by atoms with Crippen molar-refractivity contribution in [2.45, 2.75) is 135 Å². The highest BCUT2D eigenvalue weighted by atomic mass is 16.7. The topological polar surface area (TPSA) is 56.9 Å². The van der Waals surface area contributed by atoms with Crippen LogP contribution in [0.4, 0.5) is 5.69 Å². The third kappa shape index (κ3) is 13.4. The molecule has 37 heavy (non-hydrogen) atoms. The van der Waals surface area contributed by atoms with E-state index in [0.29, 0.717) is 29.3 Å². The van der Waals surface area contributed by atoms with Crippen molar-refractivity contribution in [3.8, 4) is 0 Å². The fraction of sp³-hybridized carbons (Fsp3) is 0.688. The van der Waals surface area contributed by atoms with Gasteiger partial charge >= 0.3 is 0 Å². The van der Waals surface area contributed by atoms with Crippen LogP contribution in [0.3, 0.4) is 0 Å². The summed E-state index contributed by atoms with van der Waals surface area (Å²) in [5.41, 5.74) is 1.15. The Kier molecular flexibility index (Phi) is 16.2. The van der Waals surface area contributed by atoms with Gasteiger partial charge in [-0.05, 0) is 38.0 Å². The third-order valence-corrected chi connectivity index (χ3v) is 7.00. The number of nitrogens with zero attached hydrogens (tertiary/aromatic N) is 2. The maximum atomic E-state index is 12.4. The van der Waals surface area contributed by atoms with Crippen molar-refractivity contribution in [2.24, 2.45) is 5.11 Å². The lowest BCUT2D eigenvalue weighted by molar-refractivity contribution is -0.437. The molecular formula is C32H52N2O3. The van der Waals surface area contributed by atoms with E-state index in [1.807, 2.05) is 36.4 Å². The minimum atomic E-state index is -0.775. The van der Waals surface area contributed by atoms with Gasteiger partial charge in [-0.25, -0.2) is 0 Å². The molecule has 2 rings (SSSR count). The fourth-order valence-corrected chi connectivity index (χ4v) is 4.71. The molecule has 1 aliphatic carbocycles. The zero-order valence-corrected chi connectivity index (χ0v) is 23.8. The Labute approximate surface area is 226 Å². The summed E-state index contributed by atoms with van der Waals surface area (Å²) in [7, 11) is 0. The molecule has 0 heterocycles. The van der Waals surface area contributed by atoms with Crippen LogP contribution in [0.5, 0.6) is 0 Å². The molecule has 1 aliphatic rings. The highest BCUT2D eigenvalue weighted by molar-refractivity contribution is 5.29. The lowest BCUT2D eigenvalue weighted by atomic mass is 10.0. The van der Waals surface area contributed by atoms with E-state index in [-0.39, 0.29) is 6.10 Å². The van der Waals surface area contributed by atoms with Crippen LogP contribution in [-0.4, -0.2) is 23.4 Å². The molecule has 0 aromatic heterocycles. The minimum absolute atomic E-state index is 0.112. The molecule has 0 fully saturated rings.